The Bertz CT molecular complexity index is 261. The topological polar surface area (TPSA) is 73.6 Å². The van der Waals surface area contributed by atoms with E-state index in [1.54, 1.807) is 7.11 Å². The number of nitrogens with two attached hydrogens (primary N) is 1. The van der Waals surface area contributed by atoms with Crippen LogP contribution in [0.15, 0.2) is 0 Å². The predicted molar refractivity (Wildman–Crippen MR) is 70.3 cm³/mol. The van der Waals surface area contributed by atoms with Crippen LogP contribution in [0, 0.1) is 5.92 Å². The van der Waals surface area contributed by atoms with E-state index < -0.39 is 0 Å². The standard InChI is InChI=1S/C13H26N2O3/c1-11-4-3-5-13(8-11,10-14)15-12(16)9-18-7-6-17-2/h11H,3-10,14H2,1-2H3,(H,15,16). The number of methoxy groups -OCH3 is 1. The molecule has 1 fully saturated rings. The van der Waals surface area contributed by atoms with Crippen molar-refractivity contribution < 1.29 is 14.3 Å². The van der Waals surface area contributed by atoms with Crippen molar-refractivity contribution in [2.75, 3.05) is 33.5 Å². The summed E-state index contributed by atoms with van der Waals surface area (Å²) in [6.07, 6.45) is 4.29. The van der Waals surface area contributed by atoms with E-state index in [2.05, 4.69) is 12.2 Å². The first-order valence-electron chi connectivity index (χ1n) is 6.69. The number of carbonyl (C=O) groups is 1. The Kier molecular flexibility index (Phi) is 6.60. The normalized spacial score (nSPS) is 28.1. The Morgan fingerprint density at radius 1 is 1.50 bits per heavy atom. The van der Waals surface area contributed by atoms with Gasteiger partial charge in [0, 0.05) is 13.7 Å². The SMILES string of the molecule is COCCOCC(=O)NC1(CN)CCCC(C)C1. The van der Waals surface area contributed by atoms with Gasteiger partial charge in [0.15, 0.2) is 0 Å². The summed E-state index contributed by atoms with van der Waals surface area (Å²) in [5.74, 6) is 0.544. The molecule has 1 rings (SSSR count). The largest absolute Gasteiger partial charge is 0.382 e. The van der Waals surface area contributed by atoms with E-state index in [9.17, 15) is 4.79 Å². The zero-order valence-corrected chi connectivity index (χ0v) is 11.5. The summed E-state index contributed by atoms with van der Waals surface area (Å²) in [5, 5.41) is 3.06. The lowest BCUT2D eigenvalue weighted by Crippen LogP contribution is -2.56. The number of hydrogen-bond acceptors (Lipinski definition) is 4. The Hall–Kier alpha value is -0.650. The number of ether oxygens (including phenoxy) is 2. The molecule has 1 aliphatic rings. The average molecular weight is 258 g/mol. The Labute approximate surface area is 109 Å². The quantitative estimate of drug-likeness (QED) is 0.658. The number of hydrogen-bond donors (Lipinski definition) is 2. The molecule has 5 nitrogen and oxygen atoms in total. The second-order valence-electron chi connectivity index (χ2n) is 5.28. The molecule has 3 N–H and O–H groups in total. The first-order chi connectivity index (χ1) is 8.62. The van der Waals surface area contributed by atoms with E-state index in [0.717, 1.165) is 19.3 Å². The van der Waals surface area contributed by atoms with E-state index in [1.165, 1.54) is 6.42 Å². The van der Waals surface area contributed by atoms with Crippen molar-refractivity contribution in [2.24, 2.45) is 11.7 Å². The van der Waals surface area contributed by atoms with Crippen molar-refractivity contribution in [3.05, 3.63) is 0 Å². The fourth-order valence-electron chi connectivity index (χ4n) is 2.65. The zero-order valence-electron chi connectivity index (χ0n) is 11.5. The van der Waals surface area contributed by atoms with Crippen LogP contribution in [-0.4, -0.2) is 44.9 Å². The van der Waals surface area contributed by atoms with Gasteiger partial charge >= 0.3 is 0 Å². The lowest BCUT2D eigenvalue weighted by Gasteiger charge is -2.40. The Morgan fingerprint density at radius 3 is 2.89 bits per heavy atom. The smallest absolute Gasteiger partial charge is 0.246 e. The number of rotatable bonds is 7. The third-order valence-electron chi connectivity index (χ3n) is 3.55. The molecular formula is C13H26N2O3. The van der Waals surface area contributed by atoms with Crippen molar-refractivity contribution in [3.63, 3.8) is 0 Å². The summed E-state index contributed by atoms with van der Waals surface area (Å²) in [4.78, 5) is 11.8. The summed E-state index contributed by atoms with van der Waals surface area (Å²) < 4.78 is 10.1. The molecule has 0 saturated heterocycles. The number of nitrogens with one attached hydrogen (secondary N) is 1. The van der Waals surface area contributed by atoms with Crippen molar-refractivity contribution in [1.29, 1.82) is 0 Å². The third kappa shape index (κ3) is 4.92. The molecule has 18 heavy (non-hydrogen) atoms. The van der Waals surface area contributed by atoms with Crippen LogP contribution in [0.4, 0.5) is 0 Å². The Balaban J connectivity index is 2.35. The Morgan fingerprint density at radius 2 is 2.28 bits per heavy atom. The fraction of sp³-hybridized carbons (Fsp3) is 0.923. The second kappa shape index (κ2) is 7.71. The van der Waals surface area contributed by atoms with E-state index in [-0.39, 0.29) is 18.1 Å². The van der Waals surface area contributed by atoms with Crippen LogP contribution in [0.1, 0.15) is 32.6 Å². The van der Waals surface area contributed by atoms with Gasteiger partial charge in [0.25, 0.3) is 0 Å². The van der Waals surface area contributed by atoms with Gasteiger partial charge in [-0.05, 0) is 18.8 Å². The minimum Gasteiger partial charge on any atom is -0.382 e. The molecule has 0 radical (unpaired) electrons. The number of carbonyl (C=O) groups excluding carboxylic acids is 1. The first kappa shape index (κ1) is 15.4. The van der Waals surface area contributed by atoms with Gasteiger partial charge in [-0.15, -0.1) is 0 Å². The van der Waals surface area contributed by atoms with Crippen LogP contribution in [0.5, 0.6) is 0 Å². The molecule has 0 aromatic carbocycles. The first-order valence-corrected chi connectivity index (χ1v) is 6.69. The second-order valence-corrected chi connectivity index (χ2v) is 5.28. The molecular weight excluding hydrogens is 232 g/mol. The monoisotopic (exact) mass is 258 g/mol. The minimum absolute atomic E-state index is 0.0781. The van der Waals surface area contributed by atoms with Crippen molar-refractivity contribution in [1.82, 2.24) is 5.32 Å². The van der Waals surface area contributed by atoms with Gasteiger partial charge in [-0.25, -0.2) is 0 Å². The van der Waals surface area contributed by atoms with Crippen LogP contribution in [0.3, 0.4) is 0 Å². The van der Waals surface area contributed by atoms with Gasteiger partial charge < -0.3 is 20.5 Å². The van der Waals surface area contributed by atoms with Gasteiger partial charge in [-0.2, -0.15) is 0 Å². The number of amides is 1. The van der Waals surface area contributed by atoms with Crippen LogP contribution >= 0.6 is 0 Å². The maximum absolute atomic E-state index is 11.8. The lowest BCUT2D eigenvalue weighted by atomic mass is 9.76. The summed E-state index contributed by atoms with van der Waals surface area (Å²) in [7, 11) is 1.61. The molecule has 2 atom stereocenters. The highest BCUT2D eigenvalue weighted by Gasteiger charge is 2.34. The van der Waals surface area contributed by atoms with E-state index >= 15 is 0 Å². The molecule has 1 amide bonds. The van der Waals surface area contributed by atoms with Gasteiger partial charge in [-0.1, -0.05) is 19.8 Å². The maximum atomic E-state index is 11.8. The maximum Gasteiger partial charge on any atom is 0.246 e. The highest BCUT2D eigenvalue weighted by Crippen LogP contribution is 2.31. The van der Waals surface area contributed by atoms with E-state index in [1.807, 2.05) is 0 Å². The molecule has 0 bridgehead atoms. The molecule has 1 saturated carbocycles. The molecule has 0 aromatic rings. The van der Waals surface area contributed by atoms with Crippen LogP contribution in [-0.2, 0) is 14.3 Å². The summed E-state index contributed by atoms with van der Waals surface area (Å²) in [6, 6.07) is 0. The molecule has 0 heterocycles. The van der Waals surface area contributed by atoms with Gasteiger partial charge in [-0.3, -0.25) is 4.79 Å². The van der Waals surface area contributed by atoms with Crippen LogP contribution in [0.2, 0.25) is 0 Å². The van der Waals surface area contributed by atoms with Crippen LogP contribution < -0.4 is 11.1 Å². The van der Waals surface area contributed by atoms with Gasteiger partial charge in [0.1, 0.15) is 6.61 Å². The third-order valence-corrected chi connectivity index (χ3v) is 3.55. The summed E-state index contributed by atoms with van der Waals surface area (Å²) in [6.45, 7) is 3.74. The van der Waals surface area contributed by atoms with Gasteiger partial charge in [0.05, 0.1) is 18.8 Å². The van der Waals surface area contributed by atoms with E-state index in [0.29, 0.717) is 25.7 Å². The molecule has 0 aromatic heterocycles. The predicted octanol–water partition coefficient (Wildman–Crippen LogP) is 0.673. The molecule has 5 heteroatoms. The molecule has 106 valence electrons. The van der Waals surface area contributed by atoms with Crippen molar-refractivity contribution in [2.45, 2.75) is 38.1 Å². The summed E-state index contributed by atoms with van der Waals surface area (Å²) in [5.41, 5.74) is 5.63. The minimum atomic E-state index is -0.223. The molecule has 2 unspecified atom stereocenters. The van der Waals surface area contributed by atoms with Crippen molar-refractivity contribution >= 4 is 5.91 Å². The lowest BCUT2D eigenvalue weighted by molar-refractivity contribution is -0.128. The zero-order chi connectivity index (χ0) is 13.4. The molecule has 0 aliphatic heterocycles. The summed E-state index contributed by atoms with van der Waals surface area (Å²) >= 11 is 0. The molecule has 1 aliphatic carbocycles. The highest BCUT2D eigenvalue weighted by atomic mass is 16.5. The van der Waals surface area contributed by atoms with E-state index in [4.69, 9.17) is 15.2 Å². The fourth-order valence-corrected chi connectivity index (χ4v) is 2.65. The average Bonchev–Trinajstić information content (AvgIpc) is 2.34. The van der Waals surface area contributed by atoms with Crippen LogP contribution in [0.25, 0.3) is 0 Å². The van der Waals surface area contributed by atoms with Crippen molar-refractivity contribution in [3.8, 4) is 0 Å². The highest BCUT2D eigenvalue weighted by molar-refractivity contribution is 5.78. The molecule has 0 spiro atoms. The van der Waals surface area contributed by atoms with Gasteiger partial charge in [0.2, 0.25) is 5.91 Å².